The van der Waals surface area contributed by atoms with Crippen molar-refractivity contribution < 1.29 is 5.11 Å². The zero-order valence-electron chi connectivity index (χ0n) is 7.83. The summed E-state index contributed by atoms with van der Waals surface area (Å²) in [6.45, 7) is 3.67. The van der Waals surface area contributed by atoms with E-state index in [4.69, 9.17) is 5.26 Å². The number of hydrogen-bond acceptors (Lipinski definition) is 3. The largest absolute Gasteiger partial charge is 0.494 e. The van der Waals surface area contributed by atoms with E-state index in [0.717, 1.165) is 4.57 Å². The third-order valence-electron chi connectivity index (χ3n) is 2.04. The monoisotopic (exact) mass is 256 g/mol. The average molecular weight is 257 g/mol. The second-order valence-electron chi connectivity index (χ2n) is 2.80. The molecule has 4 nitrogen and oxygen atoms in total. The summed E-state index contributed by atoms with van der Waals surface area (Å²) in [7, 11) is 0. The number of aromatic nitrogens is 1. The molecule has 0 saturated heterocycles. The molecule has 1 heterocycles. The van der Waals surface area contributed by atoms with Crippen molar-refractivity contribution in [3.8, 4) is 11.9 Å². The van der Waals surface area contributed by atoms with Crippen LogP contribution < -0.4 is 5.56 Å². The molecule has 0 atom stereocenters. The first-order valence-electron chi connectivity index (χ1n) is 4.06. The molecule has 0 amide bonds. The molecule has 0 aromatic carbocycles. The smallest absolute Gasteiger partial charge is 0.271 e. The van der Waals surface area contributed by atoms with Crippen LogP contribution in [0.25, 0.3) is 0 Å². The molecule has 0 aliphatic heterocycles. The Morgan fingerprint density at radius 2 is 2.21 bits per heavy atom. The van der Waals surface area contributed by atoms with Crippen LogP contribution in [0.5, 0.6) is 5.88 Å². The van der Waals surface area contributed by atoms with E-state index in [1.165, 1.54) is 0 Å². The van der Waals surface area contributed by atoms with Crippen molar-refractivity contribution in [1.29, 1.82) is 5.26 Å². The number of rotatable bonds is 1. The van der Waals surface area contributed by atoms with E-state index in [2.05, 4.69) is 15.9 Å². The molecule has 1 aromatic heterocycles. The number of hydrogen-bond donors (Lipinski definition) is 1. The van der Waals surface area contributed by atoms with E-state index in [1.807, 2.05) is 6.07 Å². The van der Waals surface area contributed by atoms with Crippen LogP contribution in [0.1, 0.15) is 18.1 Å². The minimum absolute atomic E-state index is 0.0662. The van der Waals surface area contributed by atoms with Gasteiger partial charge in [0.2, 0.25) is 5.88 Å². The van der Waals surface area contributed by atoms with Crippen molar-refractivity contribution in [2.75, 3.05) is 0 Å². The molecule has 0 bridgehead atoms. The highest BCUT2D eigenvalue weighted by Gasteiger charge is 2.15. The summed E-state index contributed by atoms with van der Waals surface area (Å²) >= 11 is 3.14. The summed E-state index contributed by atoms with van der Waals surface area (Å²) in [5.41, 5.74) is 0.0874. The Balaban J connectivity index is 3.76. The first-order chi connectivity index (χ1) is 6.54. The lowest BCUT2D eigenvalue weighted by Crippen LogP contribution is -2.23. The molecular weight excluding hydrogens is 248 g/mol. The number of halogens is 1. The molecule has 1 aromatic rings. The Hall–Kier alpha value is -1.28. The molecular formula is C9H9BrN2O2. The lowest BCUT2D eigenvalue weighted by atomic mass is 10.1. The number of nitrogens with zero attached hydrogens (tertiary/aromatic N) is 2. The third-order valence-corrected chi connectivity index (χ3v) is 2.99. The number of nitriles is 1. The molecule has 0 fully saturated rings. The minimum atomic E-state index is -0.451. The molecule has 0 aliphatic rings. The second kappa shape index (κ2) is 3.84. The summed E-state index contributed by atoms with van der Waals surface area (Å²) in [5.74, 6) is -0.131. The SMILES string of the molecule is CCn1c(O)c(Br)c(C)c(C#N)c1=O. The number of aromatic hydroxyl groups is 1. The molecule has 14 heavy (non-hydrogen) atoms. The van der Waals surface area contributed by atoms with Crippen LogP contribution in [-0.2, 0) is 6.54 Å². The van der Waals surface area contributed by atoms with Gasteiger partial charge in [0.25, 0.3) is 5.56 Å². The predicted molar refractivity (Wildman–Crippen MR) is 55.2 cm³/mol. The Morgan fingerprint density at radius 1 is 1.64 bits per heavy atom. The van der Waals surface area contributed by atoms with Crippen molar-refractivity contribution >= 4 is 15.9 Å². The van der Waals surface area contributed by atoms with E-state index in [-0.39, 0.29) is 11.4 Å². The van der Waals surface area contributed by atoms with Crippen LogP contribution in [-0.4, -0.2) is 9.67 Å². The second-order valence-corrected chi connectivity index (χ2v) is 3.59. The molecule has 1 N–H and O–H groups in total. The Morgan fingerprint density at radius 3 is 2.64 bits per heavy atom. The van der Waals surface area contributed by atoms with Gasteiger partial charge in [-0.2, -0.15) is 5.26 Å². The molecule has 0 radical (unpaired) electrons. The van der Waals surface area contributed by atoms with Gasteiger partial charge in [-0.05, 0) is 35.3 Å². The first-order valence-corrected chi connectivity index (χ1v) is 4.85. The fourth-order valence-electron chi connectivity index (χ4n) is 1.21. The number of pyridine rings is 1. The standard InChI is InChI=1S/C9H9BrN2O2/c1-3-12-8(13)6(4-11)5(2)7(10)9(12)14/h14H,3H2,1-2H3. The maximum atomic E-state index is 11.6. The van der Waals surface area contributed by atoms with Gasteiger partial charge in [-0.3, -0.25) is 9.36 Å². The average Bonchev–Trinajstić information content (AvgIpc) is 2.16. The molecule has 0 unspecified atom stereocenters. The fourth-order valence-corrected chi connectivity index (χ4v) is 1.62. The maximum Gasteiger partial charge on any atom is 0.271 e. The quantitative estimate of drug-likeness (QED) is 0.829. The first kappa shape index (κ1) is 10.8. The van der Waals surface area contributed by atoms with E-state index in [1.54, 1.807) is 13.8 Å². The minimum Gasteiger partial charge on any atom is -0.494 e. The highest BCUT2D eigenvalue weighted by atomic mass is 79.9. The van der Waals surface area contributed by atoms with E-state index in [0.29, 0.717) is 16.6 Å². The lowest BCUT2D eigenvalue weighted by Gasteiger charge is -2.10. The van der Waals surface area contributed by atoms with Gasteiger partial charge in [0, 0.05) is 6.54 Å². The molecule has 74 valence electrons. The normalized spacial score (nSPS) is 9.86. The van der Waals surface area contributed by atoms with Crippen molar-refractivity contribution in [3.63, 3.8) is 0 Å². The highest BCUT2D eigenvalue weighted by molar-refractivity contribution is 9.10. The summed E-state index contributed by atoms with van der Waals surface area (Å²) in [6.07, 6.45) is 0. The molecule has 5 heteroatoms. The third kappa shape index (κ3) is 1.42. The Labute approximate surface area is 89.5 Å². The van der Waals surface area contributed by atoms with Crippen molar-refractivity contribution in [1.82, 2.24) is 4.57 Å². The topological polar surface area (TPSA) is 66.0 Å². The Kier molecular flexibility index (Phi) is 2.96. The van der Waals surface area contributed by atoms with Gasteiger partial charge in [-0.25, -0.2) is 0 Å². The Bertz CT molecular complexity index is 471. The maximum absolute atomic E-state index is 11.6. The van der Waals surface area contributed by atoms with Crippen molar-refractivity contribution in [2.45, 2.75) is 20.4 Å². The lowest BCUT2D eigenvalue weighted by molar-refractivity contribution is 0.406. The van der Waals surface area contributed by atoms with E-state index >= 15 is 0 Å². The van der Waals surface area contributed by atoms with Gasteiger partial charge >= 0.3 is 0 Å². The summed E-state index contributed by atoms with van der Waals surface area (Å²) in [5, 5.41) is 18.4. The van der Waals surface area contributed by atoms with Gasteiger partial charge in [0.05, 0.1) is 4.47 Å². The van der Waals surface area contributed by atoms with Gasteiger partial charge < -0.3 is 5.11 Å². The molecule has 0 aliphatic carbocycles. The molecule has 0 spiro atoms. The van der Waals surface area contributed by atoms with Crippen molar-refractivity contribution in [3.05, 3.63) is 26.0 Å². The summed E-state index contributed by atoms with van der Waals surface area (Å²) in [4.78, 5) is 11.6. The van der Waals surface area contributed by atoms with Crippen LogP contribution in [0, 0.1) is 18.3 Å². The molecule has 1 rings (SSSR count). The van der Waals surface area contributed by atoms with Gasteiger partial charge in [0.1, 0.15) is 11.6 Å². The summed E-state index contributed by atoms with van der Waals surface area (Å²) < 4.78 is 1.55. The van der Waals surface area contributed by atoms with Crippen LogP contribution in [0.15, 0.2) is 9.27 Å². The van der Waals surface area contributed by atoms with E-state index < -0.39 is 5.56 Å². The van der Waals surface area contributed by atoms with Crippen LogP contribution >= 0.6 is 15.9 Å². The van der Waals surface area contributed by atoms with E-state index in [9.17, 15) is 9.90 Å². The molecule has 0 saturated carbocycles. The van der Waals surface area contributed by atoms with Gasteiger partial charge in [0.15, 0.2) is 0 Å². The zero-order chi connectivity index (χ0) is 10.9. The zero-order valence-corrected chi connectivity index (χ0v) is 9.42. The predicted octanol–water partition coefficient (Wildman–Crippen LogP) is 1.52. The van der Waals surface area contributed by atoms with Crippen LogP contribution in [0.2, 0.25) is 0 Å². The summed E-state index contributed by atoms with van der Waals surface area (Å²) in [6, 6.07) is 1.83. The van der Waals surface area contributed by atoms with Crippen LogP contribution in [0.4, 0.5) is 0 Å². The highest BCUT2D eigenvalue weighted by Crippen LogP contribution is 2.26. The van der Waals surface area contributed by atoms with Crippen molar-refractivity contribution in [2.24, 2.45) is 0 Å². The van der Waals surface area contributed by atoms with Gasteiger partial charge in [-0.15, -0.1) is 0 Å². The fraction of sp³-hybridized carbons (Fsp3) is 0.333. The van der Waals surface area contributed by atoms with Crippen LogP contribution in [0.3, 0.4) is 0 Å². The van der Waals surface area contributed by atoms with Gasteiger partial charge in [-0.1, -0.05) is 0 Å².